The summed E-state index contributed by atoms with van der Waals surface area (Å²) < 4.78 is 0. The average Bonchev–Trinajstić information content (AvgIpc) is 2.46. The Balaban J connectivity index is 2.15. The highest BCUT2D eigenvalue weighted by Gasteiger charge is 2.26. The van der Waals surface area contributed by atoms with Gasteiger partial charge in [-0.2, -0.15) is 0 Å². The first-order valence-corrected chi connectivity index (χ1v) is 6.27. The summed E-state index contributed by atoms with van der Waals surface area (Å²) in [5, 5.41) is 12.0. The SMILES string of the molecule is CNC(=O)C1CCCN(c2ncccc2CO)C1. The van der Waals surface area contributed by atoms with Crippen LogP contribution in [0.2, 0.25) is 0 Å². The van der Waals surface area contributed by atoms with E-state index in [-0.39, 0.29) is 18.4 Å². The molecule has 0 bridgehead atoms. The molecule has 2 rings (SSSR count). The number of hydrogen-bond donors (Lipinski definition) is 2. The lowest BCUT2D eigenvalue weighted by Crippen LogP contribution is -2.42. The van der Waals surface area contributed by atoms with Crippen molar-refractivity contribution in [2.75, 3.05) is 25.0 Å². The number of rotatable bonds is 3. The largest absolute Gasteiger partial charge is 0.392 e. The second-order valence-electron chi connectivity index (χ2n) is 4.54. The predicted octanol–water partition coefficient (Wildman–Crippen LogP) is 0.536. The number of pyridine rings is 1. The van der Waals surface area contributed by atoms with Gasteiger partial charge < -0.3 is 15.3 Å². The third-order valence-corrected chi connectivity index (χ3v) is 3.38. The molecule has 2 heterocycles. The normalized spacial score (nSPS) is 19.7. The second-order valence-corrected chi connectivity index (χ2v) is 4.54. The number of anilines is 1. The van der Waals surface area contributed by atoms with Crippen LogP contribution in [0.3, 0.4) is 0 Å². The molecule has 1 saturated heterocycles. The summed E-state index contributed by atoms with van der Waals surface area (Å²) in [7, 11) is 1.67. The Hall–Kier alpha value is -1.62. The highest BCUT2D eigenvalue weighted by atomic mass is 16.3. The van der Waals surface area contributed by atoms with Crippen molar-refractivity contribution in [3.05, 3.63) is 23.9 Å². The van der Waals surface area contributed by atoms with Crippen LogP contribution in [0.4, 0.5) is 5.82 Å². The molecule has 0 spiro atoms. The lowest BCUT2D eigenvalue weighted by atomic mass is 9.97. The van der Waals surface area contributed by atoms with Crippen molar-refractivity contribution in [3.8, 4) is 0 Å². The summed E-state index contributed by atoms with van der Waals surface area (Å²) >= 11 is 0. The van der Waals surface area contributed by atoms with Crippen molar-refractivity contribution in [2.24, 2.45) is 5.92 Å². The van der Waals surface area contributed by atoms with Crippen molar-refractivity contribution in [1.82, 2.24) is 10.3 Å². The fourth-order valence-electron chi connectivity index (χ4n) is 2.43. The van der Waals surface area contributed by atoms with E-state index >= 15 is 0 Å². The van der Waals surface area contributed by atoms with Crippen LogP contribution in [0.5, 0.6) is 0 Å². The van der Waals surface area contributed by atoms with Crippen LogP contribution in [0.1, 0.15) is 18.4 Å². The standard InChI is InChI=1S/C13H19N3O2/c1-14-13(18)10-5-3-7-16(8-10)12-11(9-17)4-2-6-15-12/h2,4,6,10,17H,3,5,7-9H2,1H3,(H,14,18). The molecule has 1 atom stereocenters. The van der Waals surface area contributed by atoms with Gasteiger partial charge in [-0.25, -0.2) is 4.98 Å². The molecule has 18 heavy (non-hydrogen) atoms. The van der Waals surface area contributed by atoms with Gasteiger partial charge in [-0.1, -0.05) is 6.07 Å². The molecule has 1 aromatic rings. The minimum Gasteiger partial charge on any atom is -0.392 e. The van der Waals surface area contributed by atoms with Gasteiger partial charge in [0, 0.05) is 31.9 Å². The van der Waals surface area contributed by atoms with Gasteiger partial charge in [0.25, 0.3) is 0 Å². The summed E-state index contributed by atoms with van der Waals surface area (Å²) in [4.78, 5) is 18.1. The molecule has 2 N–H and O–H groups in total. The van der Waals surface area contributed by atoms with Crippen molar-refractivity contribution < 1.29 is 9.90 Å². The number of aliphatic hydroxyl groups is 1. The van der Waals surface area contributed by atoms with Gasteiger partial charge in [-0.15, -0.1) is 0 Å². The zero-order valence-corrected chi connectivity index (χ0v) is 10.6. The Morgan fingerprint density at radius 2 is 2.50 bits per heavy atom. The molecule has 1 aliphatic rings. The molecule has 98 valence electrons. The Labute approximate surface area is 107 Å². The van der Waals surface area contributed by atoms with Crippen molar-refractivity contribution in [2.45, 2.75) is 19.4 Å². The molecule has 0 aliphatic carbocycles. The van der Waals surface area contributed by atoms with Gasteiger partial charge >= 0.3 is 0 Å². The highest BCUT2D eigenvalue weighted by molar-refractivity contribution is 5.79. The third-order valence-electron chi connectivity index (χ3n) is 3.38. The fourth-order valence-corrected chi connectivity index (χ4v) is 2.43. The Morgan fingerprint density at radius 3 is 3.22 bits per heavy atom. The van der Waals surface area contributed by atoms with E-state index in [2.05, 4.69) is 15.2 Å². The molecule has 1 fully saturated rings. The topological polar surface area (TPSA) is 65.5 Å². The average molecular weight is 249 g/mol. The van der Waals surface area contributed by atoms with Crippen molar-refractivity contribution in [1.29, 1.82) is 0 Å². The number of nitrogens with zero attached hydrogens (tertiary/aromatic N) is 2. The Morgan fingerprint density at radius 1 is 1.67 bits per heavy atom. The summed E-state index contributed by atoms with van der Waals surface area (Å²) in [6, 6.07) is 3.68. The molecule has 5 nitrogen and oxygen atoms in total. The first-order chi connectivity index (χ1) is 8.76. The first kappa shape index (κ1) is 12.8. The van der Waals surface area contributed by atoms with Crippen molar-refractivity contribution in [3.63, 3.8) is 0 Å². The molecule has 1 aliphatic heterocycles. The van der Waals surface area contributed by atoms with Gasteiger partial charge in [0.1, 0.15) is 5.82 Å². The number of aliphatic hydroxyl groups excluding tert-OH is 1. The summed E-state index contributed by atoms with van der Waals surface area (Å²) in [6.45, 7) is 1.53. The van der Waals surface area contributed by atoms with E-state index in [1.165, 1.54) is 0 Å². The van der Waals surface area contributed by atoms with Gasteiger partial charge in [-0.05, 0) is 18.9 Å². The maximum atomic E-state index is 11.7. The van der Waals surface area contributed by atoms with E-state index in [4.69, 9.17) is 0 Å². The summed E-state index contributed by atoms with van der Waals surface area (Å²) in [5.74, 6) is 0.895. The third kappa shape index (κ3) is 2.61. The number of aromatic nitrogens is 1. The number of hydrogen-bond acceptors (Lipinski definition) is 4. The second kappa shape index (κ2) is 5.82. The quantitative estimate of drug-likeness (QED) is 0.820. The van der Waals surface area contributed by atoms with Crippen LogP contribution in [-0.4, -0.2) is 36.1 Å². The minimum atomic E-state index is -0.0235. The molecular formula is C13H19N3O2. The number of amides is 1. The van der Waals surface area contributed by atoms with E-state index in [0.29, 0.717) is 6.54 Å². The van der Waals surface area contributed by atoms with Crippen molar-refractivity contribution >= 4 is 11.7 Å². The van der Waals surface area contributed by atoms with E-state index in [9.17, 15) is 9.90 Å². The van der Waals surface area contributed by atoms with Gasteiger partial charge in [-0.3, -0.25) is 4.79 Å². The zero-order valence-electron chi connectivity index (χ0n) is 10.6. The molecule has 5 heteroatoms. The fraction of sp³-hybridized carbons (Fsp3) is 0.538. The van der Waals surface area contributed by atoms with E-state index in [1.807, 2.05) is 12.1 Å². The number of carbonyl (C=O) groups excluding carboxylic acids is 1. The van der Waals surface area contributed by atoms with Crippen LogP contribution < -0.4 is 10.2 Å². The van der Waals surface area contributed by atoms with Crippen LogP contribution in [0, 0.1) is 5.92 Å². The van der Waals surface area contributed by atoms with E-state index in [1.54, 1.807) is 13.2 Å². The first-order valence-electron chi connectivity index (χ1n) is 6.27. The number of carbonyl (C=O) groups is 1. The monoisotopic (exact) mass is 249 g/mol. The smallest absolute Gasteiger partial charge is 0.224 e. The van der Waals surface area contributed by atoms with Crippen LogP contribution in [0.25, 0.3) is 0 Å². The molecule has 1 unspecified atom stereocenters. The number of piperidine rings is 1. The molecule has 0 aromatic carbocycles. The van der Waals surface area contributed by atoms with E-state index < -0.39 is 0 Å². The Kier molecular flexibility index (Phi) is 4.15. The molecule has 0 radical (unpaired) electrons. The number of nitrogens with one attached hydrogen (secondary N) is 1. The maximum absolute atomic E-state index is 11.7. The van der Waals surface area contributed by atoms with Crippen LogP contribution in [0.15, 0.2) is 18.3 Å². The molecule has 0 saturated carbocycles. The minimum absolute atomic E-state index is 0.0114. The highest BCUT2D eigenvalue weighted by Crippen LogP contribution is 2.24. The molecule has 1 amide bonds. The zero-order chi connectivity index (χ0) is 13.0. The summed E-state index contributed by atoms with van der Waals surface area (Å²) in [5.41, 5.74) is 0.815. The van der Waals surface area contributed by atoms with E-state index in [0.717, 1.165) is 30.8 Å². The van der Waals surface area contributed by atoms with Gasteiger partial charge in [0.15, 0.2) is 0 Å². The summed E-state index contributed by atoms with van der Waals surface area (Å²) in [6.07, 6.45) is 3.61. The van der Waals surface area contributed by atoms with Gasteiger partial charge in [0.05, 0.1) is 12.5 Å². The van der Waals surface area contributed by atoms with Crippen LogP contribution in [-0.2, 0) is 11.4 Å². The predicted molar refractivity (Wildman–Crippen MR) is 69.2 cm³/mol. The van der Waals surface area contributed by atoms with Crippen LogP contribution >= 0.6 is 0 Å². The maximum Gasteiger partial charge on any atom is 0.224 e. The lowest BCUT2D eigenvalue weighted by Gasteiger charge is -2.33. The molecular weight excluding hydrogens is 230 g/mol. The Bertz CT molecular complexity index is 422. The molecule has 1 aromatic heterocycles. The van der Waals surface area contributed by atoms with Gasteiger partial charge in [0.2, 0.25) is 5.91 Å². The lowest BCUT2D eigenvalue weighted by molar-refractivity contribution is -0.124.